The normalized spacial score (nSPS) is 11.2. The van der Waals surface area contributed by atoms with Crippen LogP contribution in [0.1, 0.15) is 13.3 Å². The number of anilines is 1. The van der Waals surface area contributed by atoms with E-state index in [9.17, 15) is 13.2 Å². The van der Waals surface area contributed by atoms with Gasteiger partial charge in [0.25, 0.3) is 0 Å². The van der Waals surface area contributed by atoms with Gasteiger partial charge in [-0.3, -0.25) is 4.79 Å². The van der Waals surface area contributed by atoms with Gasteiger partial charge in [0.05, 0.1) is 17.9 Å². The third-order valence-corrected chi connectivity index (χ3v) is 3.55. The molecule has 0 aliphatic rings. The van der Waals surface area contributed by atoms with E-state index in [1.807, 2.05) is 0 Å². The molecule has 1 aromatic carbocycles. The lowest BCUT2D eigenvalue weighted by atomic mass is 10.3. The molecule has 100 valence electrons. The van der Waals surface area contributed by atoms with Crippen LogP contribution < -0.4 is 10.5 Å². The quantitative estimate of drug-likeness (QED) is 0.580. The summed E-state index contributed by atoms with van der Waals surface area (Å²) in [6.45, 7) is 1.96. The van der Waals surface area contributed by atoms with E-state index in [1.54, 1.807) is 19.1 Å². The number of nitrogens with one attached hydrogen (secondary N) is 1. The van der Waals surface area contributed by atoms with Gasteiger partial charge in [-0.2, -0.15) is 0 Å². The molecule has 0 aliphatic heterocycles. The first kappa shape index (κ1) is 14.5. The van der Waals surface area contributed by atoms with E-state index < -0.39 is 16.0 Å². The van der Waals surface area contributed by atoms with Crippen molar-refractivity contribution < 1.29 is 17.9 Å². The highest BCUT2D eigenvalue weighted by molar-refractivity contribution is 7.89. The number of rotatable bonds is 6. The maximum atomic E-state index is 11.8. The molecule has 0 amide bonds. The van der Waals surface area contributed by atoms with E-state index in [0.717, 1.165) is 0 Å². The summed E-state index contributed by atoms with van der Waals surface area (Å²) >= 11 is 0. The van der Waals surface area contributed by atoms with Crippen molar-refractivity contribution in [1.29, 1.82) is 0 Å². The maximum absolute atomic E-state index is 11.8. The number of ether oxygens (including phenoxy) is 1. The second-order valence-electron chi connectivity index (χ2n) is 3.53. The fourth-order valence-corrected chi connectivity index (χ4v) is 2.37. The SMILES string of the molecule is CCOC(=O)CCNS(=O)(=O)c1cccc(N)c1. The second kappa shape index (κ2) is 6.36. The fourth-order valence-electron chi connectivity index (χ4n) is 1.29. The standard InChI is InChI=1S/C11H16N2O4S/c1-2-17-11(14)6-7-13-18(15,16)10-5-3-4-9(12)8-10/h3-5,8,13H,2,6-7,12H2,1H3. The zero-order valence-corrected chi connectivity index (χ0v) is 10.9. The molecule has 0 radical (unpaired) electrons. The Morgan fingerprint density at radius 3 is 2.78 bits per heavy atom. The van der Waals surface area contributed by atoms with Crippen molar-refractivity contribution in [2.45, 2.75) is 18.2 Å². The van der Waals surface area contributed by atoms with Crippen molar-refractivity contribution in [2.75, 3.05) is 18.9 Å². The molecule has 0 bridgehead atoms. The van der Waals surface area contributed by atoms with E-state index in [0.29, 0.717) is 5.69 Å². The molecule has 7 heteroatoms. The number of esters is 1. The van der Waals surface area contributed by atoms with Crippen LogP contribution >= 0.6 is 0 Å². The lowest BCUT2D eigenvalue weighted by Crippen LogP contribution is -2.26. The van der Waals surface area contributed by atoms with Crippen LogP contribution in [0.3, 0.4) is 0 Å². The number of nitrogen functional groups attached to an aromatic ring is 1. The third kappa shape index (κ3) is 4.34. The minimum atomic E-state index is -3.63. The average molecular weight is 272 g/mol. The molecular formula is C11H16N2O4S. The predicted octanol–water partition coefficient (Wildman–Crippen LogP) is 0.500. The van der Waals surface area contributed by atoms with E-state index in [1.165, 1.54) is 12.1 Å². The van der Waals surface area contributed by atoms with Crippen LogP contribution in [0.4, 0.5) is 5.69 Å². The van der Waals surface area contributed by atoms with Gasteiger partial charge in [-0.05, 0) is 25.1 Å². The van der Waals surface area contributed by atoms with Crippen LogP contribution in [0, 0.1) is 0 Å². The van der Waals surface area contributed by atoms with Crippen molar-refractivity contribution >= 4 is 21.7 Å². The molecule has 6 nitrogen and oxygen atoms in total. The first-order chi connectivity index (χ1) is 8.45. The molecule has 0 fully saturated rings. The van der Waals surface area contributed by atoms with E-state index in [4.69, 9.17) is 5.73 Å². The fraction of sp³-hybridized carbons (Fsp3) is 0.364. The molecule has 3 N–H and O–H groups in total. The van der Waals surface area contributed by atoms with Crippen molar-refractivity contribution in [2.24, 2.45) is 0 Å². The van der Waals surface area contributed by atoms with Crippen molar-refractivity contribution in [3.63, 3.8) is 0 Å². The van der Waals surface area contributed by atoms with Crippen molar-refractivity contribution in [1.82, 2.24) is 4.72 Å². The zero-order valence-electron chi connectivity index (χ0n) is 10.0. The topological polar surface area (TPSA) is 98.5 Å². The lowest BCUT2D eigenvalue weighted by molar-refractivity contribution is -0.142. The van der Waals surface area contributed by atoms with Gasteiger partial charge in [0, 0.05) is 12.2 Å². The molecule has 1 rings (SSSR count). The maximum Gasteiger partial charge on any atom is 0.307 e. The summed E-state index contributed by atoms with van der Waals surface area (Å²) in [4.78, 5) is 11.1. The zero-order chi connectivity index (χ0) is 13.6. The molecule has 0 aliphatic carbocycles. The first-order valence-corrected chi connectivity index (χ1v) is 6.95. The summed E-state index contributed by atoms with van der Waals surface area (Å²) in [6, 6.07) is 5.93. The van der Waals surface area contributed by atoms with Gasteiger partial charge in [-0.15, -0.1) is 0 Å². The van der Waals surface area contributed by atoms with Gasteiger partial charge in [0.2, 0.25) is 10.0 Å². The number of sulfonamides is 1. The largest absolute Gasteiger partial charge is 0.466 e. The third-order valence-electron chi connectivity index (χ3n) is 2.09. The smallest absolute Gasteiger partial charge is 0.307 e. The minimum absolute atomic E-state index is 0.00400. The molecule has 18 heavy (non-hydrogen) atoms. The van der Waals surface area contributed by atoms with E-state index in [-0.39, 0.29) is 24.5 Å². The molecule has 1 aromatic rings. The summed E-state index contributed by atoms with van der Waals surface area (Å²) in [5.74, 6) is -0.437. The number of hydrogen-bond acceptors (Lipinski definition) is 5. The number of benzene rings is 1. The Bertz CT molecular complexity index is 514. The number of carbonyl (C=O) groups is 1. The summed E-state index contributed by atoms with van der Waals surface area (Å²) in [5, 5.41) is 0. The first-order valence-electron chi connectivity index (χ1n) is 5.46. The van der Waals surface area contributed by atoms with Crippen LogP contribution in [0.25, 0.3) is 0 Å². The summed E-state index contributed by atoms with van der Waals surface area (Å²) in [7, 11) is -3.63. The van der Waals surface area contributed by atoms with Crippen molar-refractivity contribution in [3.8, 4) is 0 Å². The number of carbonyl (C=O) groups excluding carboxylic acids is 1. The Hall–Kier alpha value is -1.60. The highest BCUT2D eigenvalue weighted by Crippen LogP contribution is 2.12. The summed E-state index contributed by atoms with van der Waals surface area (Å²) in [5.41, 5.74) is 5.87. The van der Waals surface area contributed by atoms with Crippen molar-refractivity contribution in [3.05, 3.63) is 24.3 Å². The number of nitrogens with two attached hydrogens (primary N) is 1. The second-order valence-corrected chi connectivity index (χ2v) is 5.29. The van der Waals surface area contributed by atoms with Gasteiger partial charge >= 0.3 is 5.97 Å². The number of hydrogen-bond donors (Lipinski definition) is 2. The molecule has 0 saturated carbocycles. The Kier molecular flexibility index (Phi) is 5.11. The van der Waals surface area contributed by atoms with E-state index in [2.05, 4.69) is 9.46 Å². The molecule has 0 spiro atoms. The molecule has 0 saturated heterocycles. The van der Waals surface area contributed by atoms with Gasteiger partial charge < -0.3 is 10.5 Å². The summed E-state index contributed by atoms with van der Waals surface area (Å²) < 4.78 is 30.6. The average Bonchev–Trinajstić information content (AvgIpc) is 2.29. The molecule has 0 aromatic heterocycles. The summed E-state index contributed by atoms with van der Waals surface area (Å²) in [6.07, 6.45) is -0.00458. The van der Waals surface area contributed by atoms with Gasteiger partial charge in [-0.1, -0.05) is 6.07 Å². The minimum Gasteiger partial charge on any atom is -0.466 e. The Balaban J connectivity index is 2.58. The van der Waals surface area contributed by atoms with Crippen LogP contribution in [-0.2, 0) is 19.6 Å². The molecule has 0 unspecified atom stereocenters. The van der Waals surface area contributed by atoms with Gasteiger partial charge in [0.15, 0.2) is 0 Å². The van der Waals surface area contributed by atoms with Crippen LogP contribution in [0.2, 0.25) is 0 Å². The Morgan fingerprint density at radius 2 is 2.17 bits per heavy atom. The van der Waals surface area contributed by atoms with Gasteiger partial charge in [-0.25, -0.2) is 13.1 Å². The highest BCUT2D eigenvalue weighted by Gasteiger charge is 2.14. The van der Waals surface area contributed by atoms with Crippen LogP contribution in [-0.4, -0.2) is 27.5 Å². The van der Waals surface area contributed by atoms with Gasteiger partial charge in [0.1, 0.15) is 0 Å². The van der Waals surface area contributed by atoms with E-state index >= 15 is 0 Å². The lowest BCUT2D eigenvalue weighted by Gasteiger charge is -2.07. The Labute approximate surface area is 106 Å². The monoisotopic (exact) mass is 272 g/mol. The van der Waals surface area contributed by atoms with Crippen LogP contribution in [0.5, 0.6) is 0 Å². The highest BCUT2D eigenvalue weighted by atomic mass is 32.2. The molecular weight excluding hydrogens is 256 g/mol. The predicted molar refractivity (Wildman–Crippen MR) is 67.3 cm³/mol. The Morgan fingerprint density at radius 1 is 1.44 bits per heavy atom. The molecule has 0 atom stereocenters. The van der Waals surface area contributed by atoms with Crippen LogP contribution in [0.15, 0.2) is 29.2 Å². The molecule has 0 heterocycles.